The van der Waals surface area contributed by atoms with Crippen molar-refractivity contribution in [2.24, 2.45) is 0 Å². The number of hydrogen-bond donors (Lipinski definition) is 1. The smallest absolute Gasteiger partial charge is 0.318 e. The van der Waals surface area contributed by atoms with Gasteiger partial charge in [-0.25, -0.2) is 4.39 Å². The van der Waals surface area contributed by atoms with E-state index in [1.165, 1.54) is 5.56 Å². The van der Waals surface area contributed by atoms with Crippen LogP contribution in [0, 0.1) is 0 Å². The van der Waals surface area contributed by atoms with Crippen molar-refractivity contribution in [3.05, 3.63) is 52.7 Å². The molecule has 1 aromatic heterocycles. The number of methoxy groups -OCH3 is 1. The molecule has 0 aliphatic carbocycles. The minimum absolute atomic E-state index is 0.212. The summed E-state index contributed by atoms with van der Waals surface area (Å²) in [7, 11) is 1.81. The van der Waals surface area contributed by atoms with Gasteiger partial charge in [-0.3, -0.25) is 4.90 Å². The van der Waals surface area contributed by atoms with Crippen molar-refractivity contribution in [2.75, 3.05) is 56.2 Å². The van der Waals surface area contributed by atoms with Crippen LogP contribution in [-0.4, -0.2) is 91.2 Å². The molecule has 10 heteroatoms. The van der Waals surface area contributed by atoms with Gasteiger partial charge in [0, 0.05) is 62.4 Å². The Balaban J connectivity index is 1.14. The SMILES string of the molecule is CO[C@@H]1C[C@@H]2CN(c3nc(OCC45CCCN4CC(F)C5)nc4c3CCN(c3cccc5cccc(Cl)c35)C4)C[C@H]1N2. The van der Waals surface area contributed by atoms with E-state index in [4.69, 9.17) is 31.0 Å². The monoisotopic (exact) mass is 592 g/mol. The fraction of sp³-hybridized carbons (Fsp3) is 0.562. The van der Waals surface area contributed by atoms with Crippen molar-refractivity contribution in [3.63, 3.8) is 0 Å². The lowest BCUT2D eigenvalue weighted by atomic mass is 9.95. The fourth-order valence-electron chi connectivity index (χ4n) is 8.34. The van der Waals surface area contributed by atoms with Crippen LogP contribution < -0.4 is 19.9 Å². The summed E-state index contributed by atoms with van der Waals surface area (Å²) in [5.74, 6) is 0.981. The van der Waals surface area contributed by atoms with E-state index in [-0.39, 0.29) is 17.7 Å². The van der Waals surface area contributed by atoms with Gasteiger partial charge in [-0.05, 0) is 49.7 Å². The summed E-state index contributed by atoms with van der Waals surface area (Å²) in [6.45, 7) is 5.08. The van der Waals surface area contributed by atoms with Gasteiger partial charge < -0.3 is 24.6 Å². The Morgan fingerprint density at radius 2 is 1.98 bits per heavy atom. The number of anilines is 2. The highest BCUT2D eigenvalue weighted by atomic mass is 35.5. The average Bonchev–Trinajstić information content (AvgIpc) is 3.63. The Bertz CT molecular complexity index is 1500. The quantitative estimate of drug-likeness (QED) is 0.453. The van der Waals surface area contributed by atoms with Crippen LogP contribution in [0.4, 0.5) is 15.9 Å². The number of alkyl halides is 1. The van der Waals surface area contributed by atoms with Gasteiger partial charge in [-0.2, -0.15) is 9.97 Å². The molecule has 2 bridgehead atoms. The van der Waals surface area contributed by atoms with Crippen molar-refractivity contribution in [1.82, 2.24) is 20.2 Å². The lowest BCUT2D eigenvalue weighted by Crippen LogP contribution is -2.53. The minimum atomic E-state index is -0.792. The molecule has 4 fully saturated rings. The average molecular weight is 593 g/mol. The molecule has 1 N–H and O–H groups in total. The van der Waals surface area contributed by atoms with Crippen molar-refractivity contribution in [1.29, 1.82) is 0 Å². The van der Waals surface area contributed by atoms with Gasteiger partial charge in [0.05, 0.1) is 34.9 Å². The van der Waals surface area contributed by atoms with E-state index in [9.17, 15) is 4.39 Å². The topological polar surface area (TPSA) is 66.0 Å². The highest BCUT2D eigenvalue weighted by Gasteiger charge is 2.49. The first-order chi connectivity index (χ1) is 20.5. The maximum Gasteiger partial charge on any atom is 0.318 e. The molecule has 5 atom stereocenters. The number of benzene rings is 2. The second kappa shape index (κ2) is 10.5. The molecule has 8 rings (SSSR count). The number of nitrogens with one attached hydrogen (secondary N) is 1. The van der Waals surface area contributed by atoms with Crippen LogP contribution in [0.2, 0.25) is 5.02 Å². The lowest BCUT2D eigenvalue weighted by molar-refractivity contribution is 0.0946. The number of rotatable bonds is 6. The number of fused-ring (bicyclic) bond motifs is 5. The van der Waals surface area contributed by atoms with Crippen LogP contribution >= 0.6 is 11.6 Å². The Labute approximate surface area is 251 Å². The van der Waals surface area contributed by atoms with Crippen molar-refractivity contribution >= 4 is 33.9 Å². The van der Waals surface area contributed by atoms with Gasteiger partial charge in [0.15, 0.2) is 0 Å². The van der Waals surface area contributed by atoms with E-state index in [1.807, 2.05) is 12.1 Å². The maximum absolute atomic E-state index is 14.5. The third-order valence-electron chi connectivity index (χ3n) is 10.3. The number of aromatic nitrogens is 2. The summed E-state index contributed by atoms with van der Waals surface area (Å²) in [6.07, 6.45) is 3.83. The van der Waals surface area contributed by atoms with E-state index in [0.717, 1.165) is 84.9 Å². The molecule has 0 saturated carbocycles. The molecule has 4 saturated heterocycles. The molecule has 2 unspecified atom stereocenters. The van der Waals surface area contributed by atoms with E-state index in [2.05, 4.69) is 44.3 Å². The van der Waals surface area contributed by atoms with Crippen LogP contribution in [0.15, 0.2) is 36.4 Å². The Morgan fingerprint density at radius 1 is 1.10 bits per heavy atom. The van der Waals surface area contributed by atoms with Crippen LogP contribution in [0.3, 0.4) is 0 Å². The summed E-state index contributed by atoms with van der Waals surface area (Å²) in [4.78, 5) is 17.2. The number of halogens is 2. The van der Waals surface area contributed by atoms with Gasteiger partial charge >= 0.3 is 6.01 Å². The van der Waals surface area contributed by atoms with Crippen molar-refractivity contribution in [2.45, 2.75) is 68.5 Å². The highest BCUT2D eigenvalue weighted by molar-refractivity contribution is 6.36. The molecule has 0 amide bonds. The maximum atomic E-state index is 14.5. The molecule has 5 aliphatic heterocycles. The molecule has 8 nitrogen and oxygen atoms in total. The van der Waals surface area contributed by atoms with Crippen molar-refractivity contribution < 1.29 is 13.9 Å². The zero-order valence-corrected chi connectivity index (χ0v) is 24.8. The van der Waals surface area contributed by atoms with E-state index >= 15 is 0 Å². The summed E-state index contributed by atoms with van der Waals surface area (Å²) < 4.78 is 26.7. The Morgan fingerprint density at radius 3 is 2.86 bits per heavy atom. The van der Waals surface area contributed by atoms with E-state index < -0.39 is 6.17 Å². The van der Waals surface area contributed by atoms with Crippen LogP contribution in [-0.2, 0) is 17.7 Å². The molecular weight excluding hydrogens is 555 g/mol. The van der Waals surface area contributed by atoms with Crippen LogP contribution in [0.25, 0.3) is 10.8 Å². The molecule has 5 aliphatic rings. The summed E-state index contributed by atoms with van der Waals surface area (Å²) >= 11 is 6.72. The molecule has 6 heterocycles. The van der Waals surface area contributed by atoms with Crippen LogP contribution in [0.5, 0.6) is 6.01 Å². The number of piperazine rings is 1. The summed E-state index contributed by atoms with van der Waals surface area (Å²) in [6, 6.07) is 13.5. The van der Waals surface area contributed by atoms with E-state index in [1.54, 1.807) is 7.11 Å². The third-order valence-corrected chi connectivity index (χ3v) is 10.6. The van der Waals surface area contributed by atoms with Gasteiger partial charge in [0.2, 0.25) is 0 Å². The van der Waals surface area contributed by atoms with E-state index in [0.29, 0.717) is 38.2 Å². The first kappa shape index (κ1) is 26.9. The highest BCUT2D eigenvalue weighted by Crippen LogP contribution is 2.41. The Hall–Kier alpha value is -2.72. The van der Waals surface area contributed by atoms with Crippen LogP contribution in [0.1, 0.15) is 36.9 Å². The Kier molecular flexibility index (Phi) is 6.70. The fourth-order valence-corrected chi connectivity index (χ4v) is 8.62. The molecule has 0 spiro atoms. The second-order valence-corrected chi connectivity index (χ2v) is 13.2. The standard InChI is InChI=1S/C32H38ClFN6O2/c1-41-28-13-22-16-39(18-26(28)35-22)30-23-9-12-38(27-8-3-6-20-5-2-7-24(33)29(20)27)17-25(23)36-31(37-30)42-19-32-10-4-11-40(32)15-21(34)14-32/h2-3,5-8,21-22,26,28,35H,4,9-19H2,1H3/t21?,22-,26-,28-,32?/m1/s1. The first-order valence-electron chi connectivity index (χ1n) is 15.4. The molecule has 2 aromatic carbocycles. The predicted octanol–water partition coefficient (Wildman–Crippen LogP) is 4.37. The minimum Gasteiger partial charge on any atom is -0.461 e. The molecule has 222 valence electrons. The predicted molar refractivity (Wildman–Crippen MR) is 163 cm³/mol. The summed E-state index contributed by atoms with van der Waals surface area (Å²) in [5.41, 5.74) is 3.07. The second-order valence-electron chi connectivity index (χ2n) is 12.8. The van der Waals surface area contributed by atoms with Gasteiger partial charge in [-0.15, -0.1) is 0 Å². The van der Waals surface area contributed by atoms with Gasteiger partial charge in [-0.1, -0.05) is 35.9 Å². The number of nitrogens with zero attached hydrogens (tertiary/aromatic N) is 5. The number of ether oxygens (including phenoxy) is 2. The normalized spacial score (nSPS) is 30.6. The lowest BCUT2D eigenvalue weighted by Gasteiger charge is -2.38. The zero-order chi connectivity index (χ0) is 28.4. The largest absolute Gasteiger partial charge is 0.461 e. The molecule has 3 aromatic rings. The molecule has 0 radical (unpaired) electrons. The number of hydrogen-bond acceptors (Lipinski definition) is 8. The summed E-state index contributed by atoms with van der Waals surface area (Å²) in [5, 5.41) is 6.68. The van der Waals surface area contributed by atoms with Crippen molar-refractivity contribution in [3.8, 4) is 6.01 Å². The molecule has 42 heavy (non-hydrogen) atoms. The van der Waals surface area contributed by atoms with Gasteiger partial charge in [0.25, 0.3) is 0 Å². The third kappa shape index (κ3) is 4.51. The molecular formula is C32H38ClFN6O2. The van der Waals surface area contributed by atoms with Gasteiger partial charge in [0.1, 0.15) is 18.6 Å². The zero-order valence-electron chi connectivity index (χ0n) is 24.1. The first-order valence-corrected chi connectivity index (χ1v) is 15.8.